The summed E-state index contributed by atoms with van der Waals surface area (Å²) in [4.78, 5) is 25.7. The van der Waals surface area contributed by atoms with E-state index in [1.54, 1.807) is 24.5 Å². The summed E-state index contributed by atoms with van der Waals surface area (Å²) in [6.45, 7) is 3.94. The van der Waals surface area contributed by atoms with Crippen LogP contribution in [0.1, 0.15) is 38.4 Å². The smallest absolute Gasteiger partial charge is 0.244 e. The summed E-state index contributed by atoms with van der Waals surface area (Å²) in [6, 6.07) is 3.51. The first-order chi connectivity index (χ1) is 11.6. The van der Waals surface area contributed by atoms with Gasteiger partial charge in [0.25, 0.3) is 0 Å². The van der Waals surface area contributed by atoms with Gasteiger partial charge >= 0.3 is 0 Å². The predicted octanol–water partition coefficient (Wildman–Crippen LogP) is 1.81. The van der Waals surface area contributed by atoms with Crippen LogP contribution in [0, 0.1) is 5.41 Å². The molecule has 2 N–H and O–H groups in total. The minimum Gasteiger partial charge on any atom is -0.465 e. The van der Waals surface area contributed by atoms with E-state index in [2.05, 4.69) is 12.2 Å². The number of rotatable bonds is 7. The molecule has 1 aromatic rings. The van der Waals surface area contributed by atoms with Crippen molar-refractivity contribution in [2.75, 3.05) is 26.2 Å². The zero-order valence-corrected chi connectivity index (χ0v) is 14.2. The summed E-state index contributed by atoms with van der Waals surface area (Å²) in [6.07, 6.45) is 7.41. The van der Waals surface area contributed by atoms with Gasteiger partial charge in [0.05, 0.1) is 6.26 Å². The molecule has 1 aromatic heterocycles. The summed E-state index contributed by atoms with van der Waals surface area (Å²) in [5, 5.41) is 12.2. The number of carbonyl (C=O) groups is 2. The van der Waals surface area contributed by atoms with Crippen LogP contribution in [0.15, 0.2) is 28.9 Å². The number of nitrogens with one attached hydrogen (secondary N) is 1. The Bertz CT molecular complexity index is 552. The molecule has 132 valence electrons. The molecule has 0 saturated carbocycles. The number of aliphatic hydroxyl groups excluding tert-OH is 1. The standard InChI is InChI=1S/C18H26N2O4/c1-2-18(14-21)8-11-20(12-9-18)17(23)7-10-19-16(22)6-5-15-4-3-13-24-15/h3-6,13,21H,2,7-12,14H2,1H3,(H,19,22)/b6-5+. The van der Waals surface area contributed by atoms with Gasteiger partial charge in [-0.05, 0) is 42.9 Å². The molecule has 6 nitrogen and oxygen atoms in total. The number of carbonyl (C=O) groups excluding carboxylic acids is 2. The second-order valence-corrected chi connectivity index (χ2v) is 6.28. The van der Waals surface area contributed by atoms with Crippen LogP contribution >= 0.6 is 0 Å². The maximum absolute atomic E-state index is 12.2. The number of aliphatic hydroxyl groups is 1. The van der Waals surface area contributed by atoms with E-state index < -0.39 is 0 Å². The highest BCUT2D eigenvalue weighted by Gasteiger charge is 2.33. The second kappa shape index (κ2) is 8.68. The van der Waals surface area contributed by atoms with Gasteiger partial charge in [-0.3, -0.25) is 9.59 Å². The van der Waals surface area contributed by atoms with Crippen LogP contribution in [0.25, 0.3) is 6.08 Å². The lowest BCUT2D eigenvalue weighted by Crippen LogP contribution is -2.45. The highest BCUT2D eigenvalue weighted by molar-refractivity contribution is 5.91. The van der Waals surface area contributed by atoms with Gasteiger partial charge in [0.1, 0.15) is 5.76 Å². The summed E-state index contributed by atoms with van der Waals surface area (Å²) >= 11 is 0. The first kappa shape index (κ1) is 18.3. The van der Waals surface area contributed by atoms with Crippen LogP contribution < -0.4 is 5.32 Å². The zero-order valence-electron chi connectivity index (χ0n) is 14.2. The third-order valence-electron chi connectivity index (χ3n) is 4.84. The Labute approximate surface area is 142 Å². The van der Waals surface area contributed by atoms with E-state index in [0.29, 0.717) is 31.8 Å². The van der Waals surface area contributed by atoms with Crippen molar-refractivity contribution in [2.24, 2.45) is 5.41 Å². The van der Waals surface area contributed by atoms with Crippen LogP contribution in [-0.4, -0.2) is 48.1 Å². The monoisotopic (exact) mass is 334 g/mol. The molecule has 0 unspecified atom stereocenters. The van der Waals surface area contributed by atoms with E-state index in [-0.39, 0.29) is 23.8 Å². The van der Waals surface area contributed by atoms with Gasteiger partial charge in [0, 0.05) is 38.7 Å². The summed E-state index contributed by atoms with van der Waals surface area (Å²) in [5.41, 5.74) is -0.0261. The predicted molar refractivity (Wildman–Crippen MR) is 91.0 cm³/mol. The molecule has 2 amide bonds. The van der Waals surface area contributed by atoms with Gasteiger partial charge < -0.3 is 19.7 Å². The second-order valence-electron chi connectivity index (χ2n) is 6.28. The molecule has 0 aliphatic carbocycles. The van der Waals surface area contributed by atoms with Crippen molar-refractivity contribution >= 4 is 17.9 Å². The summed E-state index contributed by atoms with van der Waals surface area (Å²) < 4.78 is 5.10. The normalized spacial score (nSPS) is 17.2. The van der Waals surface area contributed by atoms with Crippen molar-refractivity contribution in [1.82, 2.24) is 10.2 Å². The molecule has 6 heteroatoms. The molecular weight excluding hydrogens is 308 g/mol. The van der Waals surface area contributed by atoms with E-state index >= 15 is 0 Å². The summed E-state index contributed by atoms with van der Waals surface area (Å²) in [7, 11) is 0. The van der Waals surface area contributed by atoms with Crippen LogP contribution in [-0.2, 0) is 9.59 Å². The lowest BCUT2D eigenvalue weighted by Gasteiger charge is -2.40. The number of likely N-dealkylation sites (tertiary alicyclic amines) is 1. The van der Waals surface area contributed by atoms with E-state index in [1.807, 2.05) is 4.90 Å². The van der Waals surface area contributed by atoms with Crippen molar-refractivity contribution in [3.05, 3.63) is 30.2 Å². The minimum atomic E-state index is -0.247. The van der Waals surface area contributed by atoms with Gasteiger partial charge in [-0.25, -0.2) is 0 Å². The molecule has 0 bridgehead atoms. The molecule has 1 fully saturated rings. The fraction of sp³-hybridized carbons (Fsp3) is 0.556. The van der Waals surface area contributed by atoms with Crippen LogP contribution in [0.4, 0.5) is 0 Å². The fourth-order valence-corrected chi connectivity index (χ4v) is 2.91. The molecular formula is C18H26N2O4. The highest BCUT2D eigenvalue weighted by atomic mass is 16.3. The average molecular weight is 334 g/mol. The molecule has 1 aliphatic rings. The molecule has 0 spiro atoms. The number of piperidine rings is 1. The maximum Gasteiger partial charge on any atom is 0.244 e. The Balaban J connectivity index is 1.67. The van der Waals surface area contributed by atoms with Gasteiger partial charge in [-0.2, -0.15) is 0 Å². The Morgan fingerprint density at radius 2 is 2.17 bits per heavy atom. The van der Waals surface area contributed by atoms with Crippen LogP contribution in [0.5, 0.6) is 0 Å². The van der Waals surface area contributed by atoms with Crippen molar-refractivity contribution in [3.63, 3.8) is 0 Å². The Morgan fingerprint density at radius 3 is 2.75 bits per heavy atom. The van der Waals surface area contributed by atoms with Crippen LogP contribution in [0.3, 0.4) is 0 Å². The molecule has 0 radical (unpaired) electrons. The Kier molecular flexibility index (Phi) is 6.61. The number of amides is 2. The van der Waals surface area contributed by atoms with E-state index in [9.17, 15) is 14.7 Å². The molecule has 24 heavy (non-hydrogen) atoms. The topological polar surface area (TPSA) is 82.8 Å². The van der Waals surface area contributed by atoms with Gasteiger partial charge in [0.15, 0.2) is 0 Å². The molecule has 0 atom stereocenters. The van der Waals surface area contributed by atoms with E-state index in [0.717, 1.165) is 19.3 Å². The van der Waals surface area contributed by atoms with Crippen molar-refractivity contribution in [3.8, 4) is 0 Å². The minimum absolute atomic E-state index is 0.0261. The third kappa shape index (κ3) is 4.96. The fourth-order valence-electron chi connectivity index (χ4n) is 2.91. The van der Waals surface area contributed by atoms with Gasteiger partial charge in [-0.15, -0.1) is 0 Å². The van der Waals surface area contributed by atoms with Crippen molar-refractivity contribution in [1.29, 1.82) is 0 Å². The van der Waals surface area contributed by atoms with Gasteiger partial charge in [-0.1, -0.05) is 6.92 Å². The number of furan rings is 1. The maximum atomic E-state index is 12.2. The molecule has 1 aliphatic heterocycles. The first-order valence-corrected chi connectivity index (χ1v) is 8.46. The number of hydrogen-bond acceptors (Lipinski definition) is 4. The quantitative estimate of drug-likeness (QED) is 0.745. The summed E-state index contributed by atoms with van der Waals surface area (Å²) in [5.74, 6) is 0.411. The highest BCUT2D eigenvalue weighted by Crippen LogP contribution is 2.34. The first-order valence-electron chi connectivity index (χ1n) is 8.46. The molecule has 0 aromatic carbocycles. The molecule has 2 heterocycles. The Hall–Kier alpha value is -2.08. The van der Waals surface area contributed by atoms with Gasteiger partial charge in [0.2, 0.25) is 11.8 Å². The lowest BCUT2D eigenvalue weighted by atomic mass is 9.77. The molecule has 2 rings (SSSR count). The zero-order chi connectivity index (χ0) is 17.4. The lowest BCUT2D eigenvalue weighted by molar-refractivity contribution is -0.134. The number of nitrogens with zero attached hydrogens (tertiary/aromatic N) is 1. The SMILES string of the molecule is CCC1(CO)CCN(C(=O)CCNC(=O)/C=C/c2ccco2)CC1. The van der Waals surface area contributed by atoms with E-state index in [1.165, 1.54) is 6.08 Å². The average Bonchev–Trinajstić information content (AvgIpc) is 3.13. The van der Waals surface area contributed by atoms with Crippen molar-refractivity contribution in [2.45, 2.75) is 32.6 Å². The number of hydrogen-bond donors (Lipinski definition) is 2. The largest absolute Gasteiger partial charge is 0.465 e. The van der Waals surface area contributed by atoms with Crippen molar-refractivity contribution < 1.29 is 19.1 Å². The van der Waals surface area contributed by atoms with Crippen LogP contribution in [0.2, 0.25) is 0 Å². The third-order valence-corrected chi connectivity index (χ3v) is 4.84. The Morgan fingerprint density at radius 1 is 1.42 bits per heavy atom. The van der Waals surface area contributed by atoms with E-state index in [4.69, 9.17) is 4.42 Å². The molecule has 1 saturated heterocycles.